The van der Waals surface area contributed by atoms with Crippen LogP contribution in [0.2, 0.25) is 0 Å². The Hall–Kier alpha value is -0.970. The van der Waals surface area contributed by atoms with Gasteiger partial charge in [0.05, 0.1) is 0 Å². The first-order chi connectivity index (χ1) is 5.34. The van der Waals surface area contributed by atoms with Gasteiger partial charge in [-0.2, -0.15) is 0 Å². The van der Waals surface area contributed by atoms with Gasteiger partial charge < -0.3 is 4.90 Å². The van der Waals surface area contributed by atoms with Gasteiger partial charge in [-0.1, -0.05) is 0 Å². The molecule has 1 saturated heterocycles. The summed E-state index contributed by atoms with van der Waals surface area (Å²) in [5, 5.41) is 0. The minimum Gasteiger partial charge on any atom is -0.342 e. The van der Waals surface area contributed by atoms with Crippen LogP contribution < -0.4 is 0 Å². The van der Waals surface area contributed by atoms with E-state index in [0.717, 1.165) is 32.4 Å². The van der Waals surface area contributed by atoms with Gasteiger partial charge in [0.15, 0.2) is 0 Å². The number of carbonyl (C=O) groups is 1. The molecule has 0 saturated carbocycles. The van der Waals surface area contributed by atoms with E-state index in [2.05, 4.69) is 11.8 Å². The van der Waals surface area contributed by atoms with Gasteiger partial charge >= 0.3 is 0 Å². The molecule has 2 nitrogen and oxygen atoms in total. The summed E-state index contributed by atoms with van der Waals surface area (Å²) in [4.78, 5) is 12.9. The van der Waals surface area contributed by atoms with Crippen LogP contribution in [0.15, 0.2) is 0 Å². The molecule has 11 heavy (non-hydrogen) atoms. The molecule has 1 rings (SSSR count). The van der Waals surface area contributed by atoms with E-state index in [1.807, 2.05) is 11.8 Å². The Morgan fingerprint density at radius 1 is 1.64 bits per heavy atom. The van der Waals surface area contributed by atoms with Crippen molar-refractivity contribution in [2.75, 3.05) is 13.1 Å². The first-order valence-corrected chi connectivity index (χ1v) is 4.02. The van der Waals surface area contributed by atoms with Crippen molar-refractivity contribution in [2.45, 2.75) is 26.2 Å². The van der Waals surface area contributed by atoms with E-state index in [1.54, 1.807) is 0 Å². The fourth-order valence-electron chi connectivity index (χ4n) is 1.26. The lowest BCUT2D eigenvalue weighted by molar-refractivity contribution is -0.127. The van der Waals surface area contributed by atoms with Gasteiger partial charge in [0.25, 0.3) is 0 Å². The minimum absolute atomic E-state index is 0.294. The van der Waals surface area contributed by atoms with E-state index < -0.39 is 0 Å². The molecular formula is C9H13NO. The molecular weight excluding hydrogens is 138 g/mol. The zero-order valence-corrected chi connectivity index (χ0v) is 6.89. The van der Waals surface area contributed by atoms with Crippen molar-refractivity contribution in [1.82, 2.24) is 4.90 Å². The van der Waals surface area contributed by atoms with Crippen LogP contribution in [-0.2, 0) is 4.79 Å². The largest absolute Gasteiger partial charge is 0.342 e. The predicted octanol–water partition coefficient (Wildman–Crippen LogP) is 1.02. The number of amides is 1. The summed E-state index contributed by atoms with van der Waals surface area (Å²) in [5.74, 6) is 6.06. The first kappa shape index (κ1) is 8.13. The first-order valence-electron chi connectivity index (χ1n) is 4.02. The summed E-state index contributed by atoms with van der Waals surface area (Å²) >= 11 is 0. The van der Waals surface area contributed by atoms with Crippen molar-refractivity contribution < 1.29 is 4.79 Å². The molecule has 0 N–H and O–H groups in total. The number of hydrogen-bond donors (Lipinski definition) is 0. The van der Waals surface area contributed by atoms with Crippen LogP contribution in [0.25, 0.3) is 0 Å². The van der Waals surface area contributed by atoms with Gasteiger partial charge in [0.2, 0.25) is 5.91 Å². The zero-order valence-electron chi connectivity index (χ0n) is 6.89. The van der Waals surface area contributed by atoms with Crippen molar-refractivity contribution in [1.29, 1.82) is 0 Å². The van der Waals surface area contributed by atoms with Crippen molar-refractivity contribution in [3.63, 3.8) is 0 Å². The Morgan fingerprint density at radius 3 is 3.00 bits per heavy atom. The number of rotatable bonds is 2. The van der Waals surface area contributed by atoms with E-state index in [-0.39, 0.29) is 0 Å². The van der Waals surface area contributed by atoms with E-state index in [4.69, 9.17) is 0 Å². The molecule has 1 fully saturated rings. The van der Waals surface area contributed by atoms with Gasteiger partial charge in [0, 0.05) is 25.9 Å². The maximum absolute atomic E-state index is 11.0. The lowest BCUT2D eigenvalue weighted by Crippen LogP contribution is -2.25. The molecule has 0 atom stereocenters. The third kappa shape index (κ3) is 2.27. The molecule has 0 radical (unpaired) electrons. The Bertz CT molecular complexity index is 199. The second-order valence-corrected chi connectivity index (χ2v) is 2.66. The number of likely N-dealkylation sites (tertiary alicyclic amines) is 1. The van der Waals surface area contributed by atoms with Crippen LogP contribution in [0, 0.1) is 11.8 Å². The summed E-state index contributed by atoms with van der Waals surface area (Å²) in [6.07, 6.45) is 2.58. The van der Waals surface area contributed by atoms with Gasteiger partial charge in [-0.15, -0.1) is 11.8 Å². The van der Waals surface area contributed by atoms with Crippen molar-refractivity contribution >= 4 is 5.91 Å². The molecule has 1 aliphatic heterocycles. The second kappa shape index (κ2) is 4.02. The summed E-state index contributed by atoms with van der Waals surface area (Å²) in [6, 6.07) is 0. The van der Waals surface area contributed by atoms with Crippen LogP contribution in [0.1, 0.15) is 26.2 Å². The zero-order chi connectivity index (χ0) is 8.10. The highest BCUT2D eigenvalue weighted by Crippen LogP contribution is 2.08. The third-order valence-electron chi connectivity index (χ3n) is 1.85. The summed E-state index contributed by atoms with van der Waals surface area (Å²) in [5.41, 5.74) is 0. The molecule has 0 bridgehead atoms. The molecule has 0 unspecified atom stereocenters. The maximum atomic E-state index is 11.0. The number of hydrogen-bond acceptors (Lipinski definition) is 1. The summed E-state index contributed by atoms with van der Waals surface area (Å²) < 4.78 is 0. The summed E-state index contributed by atoms with van der Waals surface area (Å²) in [7, 11) is 0. The number of nitrogens with zero attached hydrogens (tertiary/aromatic N) is 1. The van der Waals surface area contributed by atoms with Crippen LogP contribution in [0.3, 0.4) is 0 Å². The van der Waals surface area contributed by atoms with Gasteiger partial charge in [-0.25, -0.2) is 0 Å². The predicted molar refractivity (Wildman–Crippen MR) is 43.9 cm³/mol. The molecule has 0 aliphatic carbocycles. The van der Waals surface area contributed by atoms with Crippen LogP contribution in [-0.4, -0.2) is 23.9 Å². The van der Waals surface area contributed by atoms with E-state index in [1.165, 1.54) is 0 Å². The molecule has 0 spiro atoms. The standard InChI is InChI=1S/C9H13NO/c1-2-3-4-7-10-8-5-6-9(10)11/h4-8H2,1H3. The molecule has 60 valence electrons. The molecule has 1 heterocycles. The van der Waals surface area contributed by atoms with Gasteiger partial charge in [0.1, 0.15) is 0 Å². The average molecular weight is 151 g/mol. The smallest absolute Gasteiger partial charge is 0.222 e. The van der Waals surface area contributed by atoms with Crippen LogP contribution in [0.4, 0.5) is 0 Å². The van der Waals surface area contributed by atoms with Crippen LogP contribution >= 0.6 is 0 Å². The lowest BCUT2D eigenvalue weighted by atomic mass is 10.4. The Balaban J connectivity index is 2.24. The number of carbonyl (C=O) groups excluding carboxylic acids is 1. The van der Waals surface area contributed by atoms with Crippen molar-refractivity contribution in [3.8, 4) is 11.8 Å². The molecule has 1 amide bonds. The average Bonchev–Trinajstić information content (AvgIpc) is 2.37. The van der Waals surface area contributed by atoms with E-state index in [0.29, 0.717) is 5.91 Å². The highest BCUT2D eigenvalue weighted by molar-refractivity contribution is 5.78. The Kier molecular flexibility index (Phi) is 2.97. The topological polar surface area (TPSA) is 20.3 Å². The molecule has 0 aromatic heterocycles. The van der Waals surface area contributed by atoms with Gasteiger partial charge in [-0.05, 0) is 13.3 Å². The lowest BCUT2D eigenvalue weighted by Gasteiger charge is -2.12. The summed E-state index contributed by atoms with van der Waals surface area (Å²) in [6.45, 7) is 3.58. The highest BCUT2D eigenvalue weighted by Gasteiger charge is 2.18. The Labute approximate surface area is 67.6 Å². The SMILES string of the molecule is CC#CCCN1CCCC1=O. The molecule has 0 aromatic rings. The third-order valence-corrected chi connectivity index (χ3v) is 1.85. The molecule has 2 heteroatoms. The molecule has 0 aromatic carbocycles. The fourth-order valence-corrected chi connectivity index (χ4v) is 1.26. The normalized spacial score (nSPS) is 16.5. The van der Waals surface area contributed by atoms with Gasteiger partial charge in [-0.3, -0.25) is 4.79 Å². The molecule has 1 aliphatic rings. The second-order valence-electron chi connectivity index (χ2n) is 2.66. The van der Waals surface area contributed by atoms with E-state index in [9.17, 15) is 4.79 Å². The Morgan fingerprint density at radius 2 is 2.45 bits per heavy atom. The fraction of sp³-hybridized carbons (Fsp3) is 0.667. The minimum atomic E-state index is 0.294. The van der Waals surface area contributed by atoms with E-state index >= 15 is 0 Å². The maximum Gasteiger partial charge on any atom is 0.222 e. The quantitative estimate of drug-likeness (QED) is 0.540. The van der Waals surface area contributed by atoms with Crippen molar-refractivity contribution in [2.24, 2.45) is 0 Å². The highest BCUT2D eigenvalue weighted by atomic mass is 16.2. The van der Waals surface area contributed by atoms with Crippen molar-refractivity contribution in [3.05, 3.63) is 0 Å². The monoisotopic (exact) mass is 151 g/mol. The van der Waals surface area contributed by atoms with Crippen LogP contribution in [0.5, 0.6) is 0 Å².